The summed E-state index contributed by atoms with van der Waals surface area (Å²) in [7, 11) is 0. The molecule has 2 atom stereocenters. The molecule has 0 aliphatic rings. The van der Waals surface area contributed by atoms with Crippen molar-refractivity contribution in [1.82, 2.24) is 5.32 Å². The van der Waals surface area contributed by atoms with E-state index in [4.69, 9.17) is 11.6 Å². The lowest BCUT2D eigenvalue weighted by Crippen LogP contribution is -2.27. The van der Waals surface area contributed by atoms with E-state index in [1.54, 1.807) is 0 Å². The summed E-state index contributed by atoms with van der Waals surface area (Å²) >= 11 is 7.82. The van der Waals surface area contributed by atoms with Crippen LogP contribution in [0, 0.1) is 0 Å². The quantitative estimate of drug-likeness (QED) is 0.782. The van der Waals surface area contributed by atoms with Gasteiger partial charge in [-0.1, -0.05) is 44.0 Å². The lowest BCUT2D eigenvalue weighted by atomic mass is 10.0. The van der Waals surface area contributed by atoms with Gasteiger partial charge < -0.3 is 5.32 Å². The predicted octanol–water partition coefficient (Wildman–Crippen LogP) is 4.52. The van der Waals surface area contributed by atoms with Crippen molar-refractivity contribution in [2.45, 2.75) is 38.0 Å². The molecule has 1 aromatic carbocycles. The van der Waals surface area contributed by atoms with Gasteiger partial charge in [0.1, 0.15) is 0 Å². The Morgan fingerprint density at radius 3 is 2.47 bits per heavy atom. The minimum Gasteiger partial charge on any atom is -0.309 e. The molecule has 3 heteroatoms. The second-order valence-corrected chi connectivity index (χ2v) is 6.06. The fraction of sp³-hybridized carbons (Fsp3) is 0.571. The first-order valence-electron chi connectivity index (χ1n) is 6.19. The van der Waals surface area contributed by atoms with E-state index in [-0.39, 0.29) is 0 Å². The van der Waals surface area contributed by atoms with Crippen molar-refractivity contribution >= 4 is 23.4 Å². The zero-order valence-corrected chi connectivity index (χ0v) is 12.4. The van der Waals surface area contributed by atoms with Gasteiger partial charge in [0.05, 0.1) is 0 Å². The van der Waals surface area contributed by atoms with Crippen LogP contribution in [0.5, 0.6) is 0 Å². The molecule has 0 aliphatic carbocycles. The fourth-order valence-corrected chi connectivity index (χ4v) is 2.15. The summed E-state index contributed by atoms with van der Waals surface area (Å²) in [6.07, 6.45) is 4.51. The van der Waals surface area contributed by atoms with E-state index < -0.39 is 0 Å². The molecule has 0 saturated heterocycles. The van der Waals surface area contributed by atoms with Crippen LogP contribution < -0.4 is 5.32 Å². The minimum atomic E-state index is 0.451. The molecule has 0 saturated carbocycles. The molecule has 1 nitrogen and oxygen atoms in total. The van der Waals surface area contributed by atoms with Gasteiger partial charge in [-0.2, -0.15) is 11.8 Å². The number of hydrogen-bond acceptors (Lipinski definition) is 2. The molecular weight excluding hydrogens is 250 g/mol. The molecule has 2 unspecified atom stereocenters. The van der Waals surface area contributed by atoms with E-state index in [0.717, 1.165) is 11.6 Å². The molecule has 0 aromatic heterocycles. The van der Waals surface area contributed by atoms with Crippen LogP contribution in [-0.4, -0.2) is 18.1 Å². The Kier molecular flexibility index (Phi) is 7.02. The molecule has 0 fully saturated rings. The second-order valence-electron chi connectivity index (χ2n) is 4.35. The summed E-state index contributed by atoms with van der Waals surface area (Å²) in [4.78, 5) is 0. The Balaban J connectivity index is 2.61. The largest absolute Gasteiger partial charge is 0.309 e. The summed E-state index contributed by atoms with van der Waals surface area (Å²) in [5.74, 6) is 0. The van der Waals surface area contributed by atoms with Gasteiger partial charge in [-0.25, -0.2) is 0 Å². The van der Waals surface area contributed by atoms with Crippen molar-refractivity contribution in [3.63, 3.8) is 0 Å². The first-order chi connectivity index (χ1) is 8.17. The van der Waals surface area contributed by atoms with Crippen LogP contribution in [0.4, 0.5) is 0 Å². The summed E-state index contributed by atoms with van der Waals surface area (Å²) in [5.41, 5.74) is 1.34. The highest BCUT2D eigenvalue weighted by molar-refractivity contribution is 7.99. The topological polar surface area (TPSA) is 12.0 Å². The van der Waals surface area contributed by atoms with Gasteiger partial charge in [-0.15, -0.1) is 0 Å². The van der Waals surface area contributed by atoms with Crippen LogP contribution in [0.2, 0.25) is 5.02 Å². The van der Waals surface area contributed by atoms with Crippen LogP contribution in [0.15, 0.2) is 24.3 Å². The number of thioether (sulfide) groups is 1. The third-order valence-electron chi connectivity index (χ3n) is 2.90. The van der Waals surface area contributed by atoms with Gasteiger partial charge in [0.15, 0.2) is 0 Å². The van der Waals surface area contributed by atoms with Crippen molar-refractivity contribution < 1.29 is 0 Å². The highest BCUT2D eigenvalue weighted by Crippen LogP contribution is 2.21. The number of halogens is 1. The predicted molar refractivity (Wildman–Crippen MR) is 80.1 cm³/mol. The molecule has 0 heterocycles. The van der Waals surface area contributed by atoms with Crippen LogP contribution in [0.25, 0.3) is 0 Å². The Morgan fingerprint density at radius 2 is 1.94 bits per heavy atom. The number of hydrogen-bond donors (Lipinski definition) is 1. The molecule has 0 spiro atoms. The minimum absolute atomic E-state index is 0.451. The zero-order chi connectivity index (χ0) is 12.7. The monoisotopic (exact) mass is 271 g/mol. The smallest absolute Gasteiger partial charge is 0.0406 e. The normalized spacial score (nSPS) is 14.6. The molecule has 0 bridgehead atoms. The SMILES string of the molecule is CCCC(NCC(C)SC)c1ccc(Cl)cc1. The van der Waals surface area contributed by atoms with Gasteiger partial charge in [0.25, 0.3) is 0 Å². The van der Waals surface area contributed by atoms with E-state index in [9.17, 15) is 0 Å². The number of nitrogens with one attached hydrogen (secondary N) is 1. The Labute approximate surface area is 114 Å². The van der Waals surface area contributed by atoms with Crippen molar-refractivity contribution in [2.75, 3.05) is 12.8 Å². The standard InChI is InChI=1S/C14H22ClNS/c1-4-5-14(16-10-11(2)17-3)12-6-8-13(15)9-7-12/h6-9,11,14,16H,4-5,10H2,1-3H3. The Morgan fingerprint density at radius 1 is 1.29 bits per heavy atom. The molecule has 1 N–H and O–H groups in total. The maximum absolute atomic E-state index is 5.92. The summed E-state index contributed by atoms with van der Waals surface area (Å²) in [6.45, 7) is 5.53. The Bertz CT molecular complexity index is 313. The molecule has 0 amide bonds. The highest BCUT2D eigenvalue weighted by Gasteiger charge is 2.11. The molecule has 0 aliphatic heterocycles. The molecular formula is C14H22ClNS. The van der Waals surface area contributed by atoms with E-state index in [0.29, 0.717) is 11.3 Å². The van der Waals surface area contributed by atoms with Gasteiger partial charge in [-0.3, -0.25) is 0 Å². The first kappa shape index (κ1) is 14.9. The molecule has 1 aromatic rings. The number of benzene rings is 1. The fourth-order valence-electron chi connectivity index (χ4n) is 1.76. The van der Waals surface area contributed by atoms with Crippen molar-refractivity contribution in [3.05, 3.63) is 34.9 Å². The highest BCUT2D eigenvalue weighted by atomic mass is 35.5. The maximum Gasteiger partial charge on any atom is 0.0406 e. The summed E-state index contributed by atoms with van der Waals surface area (Å²) < 4.78 is 0. The molecule has 96 valence electrons. The average Bonchev–Trinajstić information content (AvgIpc) is 2.35. The third-order valence-corrected chi connectivity index (χ3v) is 4.13. The second kappa shape index (κ2) is 8.02. The van der Waals surface area contributed by atoms with Gasteiger partial charge >= 0.3 is 0 Å². The summed E-state index contributed by atoms with van der Waals surface area (Å²) in [5, 5.41) is 5.10. The zero-order valence-electron chi connectivity index (χ0n) is 10.9. The van der Waals surface area contributed by atoms with Crippen LogP contribution >= 0.6 is 23.4 Å². The van der Waals surface area contributed by atoms with E-state index in [2.05, 4.69) is 37.6 Å². The van der Waals surface area contributed by atoms with Crippen LogP contribution in [0.1, 0.15) is 38.3 Å². The third kappa shape index (κ3) is 5.33. The average molecular weight is 272 g/mol. The van der Waals surface area contributed by atoms with Gasteiger partial charge in [-0.05, 0) is 30.4 Å². The van der Waals surface area contributed by atoms with E-state index in [1.807, 2.05) is 23.9 Å². The molecule has 1 rings (SSSR count). The summed E-state index contributed by atoms with van der Waals surface area (Å²) in [6, 6.07) is 8.64. The van der Waals surface area contributed by atoms with Crippen LogP contribution in [-0.2, 0) is 0 Å². The number of rotatable bonds is 7. The van der Waals surface area contributed by atoms with Crippen molar-refractivity contribution in [1.29, 1.82) is 0 Å². The van der Waals surface area contributed by atoms with Crippen molar-refractivity contribution in [3.8, 4) is 0 Å². The lowest BCUT2D eigenvalue weighted by molar-refractivity contribution is 0.497. The lowest BCUT2D eigenvalue weighted by Gasteiger charge is -2.20. The molecule has 0 radical (unpaired) electrons. The maximum atomic E-state index is 5.92. The molecule has 17 heavy (non-hydrogen) atoms. The van der Waals surface area contributed by atoms with Gasteiger partial charge in [0, 0.05) is 22.9 Å². The Hall–Kier alpha value is -0.180. The van der Waals surface area contributed by atoms with E-state index in [1.165, 1.54) is 18.4 Å². The van der Waals surface area contributed by atoms with E-state index >= 15 is 0 Å². The first-order valence-corrected chi connectivity index (χ1v) is 7.85. The van der Waals surface area contributed by atoms with Crippen molar-refractivity contribution in [2.24, 2.45) is 0 Å². The van der Waals surface area contributed by atoms with Crippen LogP contribution in [0.3, 0.4) is 0 Å². The van der Waals surface area contributed by atoms with Gasteiger partial charge in [0.2, 0.25) is 0 Å².